The van der Waals surface area contributed by atoms with Crippen LogP contribution >= 0.6 is 23.2 Å². The van der Waals surface area contributed by atoms with Crippen molar-refractivity contribution in [3.05, 3.63) is 157 Å². The Bertz CT molecular complexity index is 2720. The van der Waals surface area contributed by atoms with Crippen molar-refractivity contribution in [1.82, 2.24) is 33.0 Å². The fourth-order valence-electron chi connectivity index (χ4n) is 6.33. The van der Waals surface area contributed by atoms with Gasteiger partial charge in [-0.15, -0.1) is 0 Å². The molecular weight excluding hydrogens is 777 g/mol. The monoisotopic (exact) mass is 811 g/mol. The Hall–Kier alpha value is -5.80. The van der Waals surface area contributed by atoms with Crippen LogP contribution in [-0.2, 0) is 30.2 Å². The minimum absolute atomic E-state index is 0.0486. The average molecular weight is 813 g/mol. The molecule has 0 N–H and O–H groups in total. The molecule has 0 bridgehead atoms. The van der Waals surface area contributed by atoms with Crippen LogP contribution in [0, 0.1) is 0 Å². The zero-order valence-electron chi connectivity index (χ0n) is 30.6. The van der Waals surface area contributed by atoms with Gasteiger partial charge in [-0.05, 0) is 90.8 Å². The summed E-state index contributed by atoms with van der Waals surface area (Å²) in [7, 11) is 0.394. The van der Waals surface area contributed by atoms with E-state index in [1.165, 1.54) is 28.2 Å². The van der Waals surface area contributed by atoms with Crippen molar-refractivity contribution in [2.45, 2.75) is 31.0 Å². The summed E-state index contributed by atoms with van der Waals surface area (Å²) in [6, 6.07) is 26.6. The zero-order chi connectivity index (χ0) is 39.7. The highest BCUT2D eigenvalue weighted by molar-refractivity contribution is 7.89. The second-order valence-corrected chi connectivity index (χ2v) is 15.6. The molecule has 0 aliphatic carbocycles. The Morgan fingerprint density at radius 1 is 0.804 bits per heavy atom. The third kappa shape index (κ3) is 7.31. The summed E-state index contributed by atoms with van der Waals surface area (Å²) in [5, 5.41) is 0.762. The van der Waals surface area contributed by atoms with Crippen LogP contribution in [0.25, 0.3) is 28.4 Å². The van der Waals surface area contributed by atoms with Gasteiger partial charge in [-0.2, -0.15) is 4.31 Å². The van der Waals surface area contributed by atoms with Crippen LogP contribution in [0.1, 0.15) is 29.8 Å². The molecule has 13 nitrogen and oxygen atoms in total. The molecule has 7 rings (SSSR count). The van der Waals surface area contributed by atoms with E-state index in [1.54, 1.807) is 98.6 Å². The number of hydrogen-bond acceptors (Lipinski definition) is 9. The van der Waals surface area contributed by atoms with Gasteiger partial charge >= 0.3 is 5.69 Å². The molecule has 0 radical (unpaired) electrons. The van der Waals surface area contributed by atoms with Gasteiger partial charge in [-0.1, -0.05) is 47.5 Å². The molecule has 0 amide bonds. The summed E-state index contributed by atoms with van der Waals surface area (Å²) >= 11 is 12.8. The lowest BCUT2D eigenvalue weighted by Crippen LogP contribution is -2.40. The Morgan fingerprint density at radius 3 is 1.95 bits per heavy atom. The first kappa shape index (κ1) is 38.5. The maximum absolute atomic E-state index is 14.3. The second kappa shape index (κ2) is 15.7. The van der Waals surface area contributed by atoms with Crippen molar-refractivity contribution in [1.29, 1.82) is 0 Å². The van der Waals surface area contributed by atoms with Crippen LogP contribution < -0.4 is 20.7 Å². The molecule has 0 saturated carbocycles. The molecule has 0 spiro atoms. The maximum atomic E-state index is 14.3. The number of benzene rings is 3. The summed E-state index contributed by atoms with van der Waals surface area (Å²) in [4.78, 5) is 41.6. The number of pyridine rings is 2. The van der Waals surface area contributed by atoms with Crippen molar-refractivity contribution in [3.8, 4) is 28.7 Å². The van der Waals surface area contributed by atoms with E-state index in [-0.39, 0.29) is 45.7 Å². The van der Waals surface area contributed by atoms with Gasteiger partial charge in [-0.25, -0.2) is 18.2 Å². The Balaban J connectivity index is 1.30. The van der Waals surface area contributed by atoms with E-state index in [0.717, 1.165) is 15.7 Å². The van der Waals surface area contributed by atoms with Crippen LogP contribution in [0.4, 0.5) is 0 Å². The quantitative estimate of drug-likeness (QED) is 0.132. The minimum Gasteiger partial charge on any atom is -0.497 e. The van der Waals surface area contributed by atoms with Gasteiger partial charge in [0.2, 0.25) is 10.0 Å². The smallest absolute Gasteiger partial charge is 0.333 e. The summed E-state index contributed by atoms with van der Waals surface area (Å²) < 4.78 is 44.5. The molecule has 0 saturated heterocycles. The van der Waals surface area contributed by atoms with E-state index in [4.69, 9.17) is 37.7 Å². The summed E-state index contributed by atoms with van der Waals surface area (Å²) in [6.07, 6.45) is 2.82. The molecule has 4 heterocycles. The first-order chi connectivity index (χ1) is 26.9. The van der Waals surface area contributed by atoms with Gasteiger partial charge in [0.1, 0.15) is 22.1 Å². The number of rotatable bonds is 12. The highest BCUT2D eigenvalue weighted by Gasteiger charge is 2.29. The lowest BCUT2D eigenvalue weighted by Gasteiger charge is -2.23. The molecule has 1 atom stereocenters. The second-order valence-electron chi connectivity index (χ2n) is 12.8. The molecule has 16 heteroatoms. The Morgan fingerprint density at radius 2 is 1.41 bits per heavy atom. The number of methoxy groups -OCH3 is 2. The number of aromatic nitrogens is 6. The first-order valence-electron chi connectivity index (χ1n) is 17.2. The fraction of sp³-hybridized carbons (Fsp3) is 0.175. The average Bonchev–Trinajstić information content (AvgIpc) is 3.60. The fourth-order valence-corrected chi connectivity index (χ4v) is 8.03. The maximum Gasteiger partial charge on any atom is 0.333 e. The van der Waals surface area contributed by atoms with Crippen LogP contribution in [0.5, 0.6) is 11.5 Å². The largest absolute Gasteiger partial charge is 0.497 e. The van der Waals surface area contributed by atoms with E-state index >= 15 is 0 Å². The summed E-state index contributed by atoms with van der Waals surface area (Å²) in [5.41, 5.74) is 1.57. The number of ether oxygens (including phenoxy) is 2. The SMILES string of the molecule is COc1ccc(CN(Cc2ccc(OC)cc2)S(=O)(=O)c2ccc(C(C)n3c(=O)n(C)c(=O)c4c3nc(-c3ncccc3Cl)n4-c3ccc(Cl)cc3)nc2)cc1. The lowest BCUT2D eigenvalue weighted by atomic mass is 10.2. The van der Waals surface area contributed by atoms with Crippen LogP contribution in [0.15, 0.2) is 124 Å². The number of imidazole rings is 1. The van der Waals surface area contributed by atoms with E-state index in [1.807, 2.05) is 24.3 Å². The number of hydrogen-bond donors (Lipinski definition) is 0. The van der Waals surface area contributed by atoms with Crippen LogP contribution in [0.2, 0.25) is 10.0 Å². The van der Waals surface area contributed by atoms with Gasteiger partial charge in [-0.3, -0.25) is 28.5 Å². The van der Waals surface area contributed by atoms with Crippen LogP contribution in [-0.4, -0.2) is 55.6 Å². The van der Waals surface area contributed by atoms with Gasteiger partial charge in [0.25, 0.3) is 5.56 Å². The van der Waals surface area contributed by atoms with E-state index in [9.17, 15) is 18.0 Å². The normalized spacial score (nSPS) is 12.3. The van der Waals surface area contributed by atoms with E-state index in [0.29, 0.717) is 27.9 Å². The van der Waals surface area contributed by atoms with E-state index < -0.39 is 27.3 Å². The molecule has 0 fully saturated rings. The predicted molar refractivity (Wildman–Crippen MR) is 214 cm³/mol. The van der Waals surface area contributed by atoms with Gasteiger partial charge in [0.15, 0.2) is 17.0 Å². The standard InChI is InChI=1S/C40H35Cl2N7O6S/c1-25(48-38-36(39(50)46(2)40(48)51)49(29-13-11-28(41)12-14-29)37(45-38)35-33(42)6-5-21-43-35)34-20-19-32(22-44-34)56(52,53)47(23-26-7-15-30(54-3)16-8-26)24-27-9-17-31(55-4)18-10-27/h5-22,25H,23-24H2,1-4H3. The Labute approximate surface area is 332 Å². The van der Waals surface area contributed by atoms with Crippen molar-refractivity contribution in [3.63, 3.8) is 0 Å². The van der Waals surface area contributed by atoms with Crippen LogP contribution in [0.3, 0.4) is 0 Å². The number of halogens is 2. The topological polar surface area (TPSA) is 143 Å². The van der Waals surface area contributed by atoms with Gasteiger partial charge in [0.05, 0.1) is 31.0 Å². The summed E-state index contributed by atoms with van der Waals surface area (Å²) in [5.74, 6) is 1.52. The molecule has 0 aliphatic heterocycles. The minimum atomic E-state index is -4.11. The number of fused-ring (bicyclic) bond motifs is 1. The van der Waals surface area contributed by atoms with E-state index in [2.05, 4.69) is 9.97 Å². The number of sulfonamides is 1. The van der Waals surface area contributed by atoms with Crippen molar-refractivity contribution >= 4 is 44.4 Å². The molecule has 286 valence electrons. The molecule has 4 aromatic heterocycles. The molecule has 1 unspecified atom stereocenters. The molecule has 0 aliphatic rings. The lowest BCUT2D eigenvalue weighted by molar-refractivity contribution is 0.397. The molecule has 7 aromatic rings. The van der Waals surface area contributed by atoms with Crippen molar-refractivity contribution in [2.24, 2.45) is 7.05 Å². The van der Waals surface area contributed by atoms with Crippen molar-refractivity contribution in [2.75, 3.05) is 14.2 Å². The summed E-state index contributed by atoms with van der Waals surface area (Å²) in [6.45, 7) is 1.86. The van der Waals surface area contributed by atoms with Gasteiger partial charge < -0.3 is 9.47 Å². The highest BCUT2D eigenvalue weighted by Crippen LogP contribution is 2.32. The zero-order valence-corrected chi connectivity index (χ0v) is 33.0. The molecular formula is C40H35Cl2N7O6S. The van der Waals surface area contributed by atoms with Crippen molar-refractivity contribution < 1.29 is 17.9 Å². The third-order valence-electron chi connectivity index (χ3n) is 9.39. The Kier molecular flexibility index (Phi) is 10.8. The number of nitrogens with zero attached hydrogens (tertiary/aromatic N) is 7. The third-order valence-corrected chi connectivity index (χ3v) is 11.7. The molecule has 3 aromatic carbocycles. The van der Waals surface area contributed by atoms with Gasteiger partial charge in [0, 0.05) is 43.2 Å². The predicted octanol–water partition coefficient (Wildman–Crippen LogP) is 6.67. The highest BCUT2D eigenvalue weighted by atomic mass is 35.5. The molecule has 56 heavy (non-hydrogen) atoms. The first-order valence-corrected chi connectivity index (χ1v) is 19.4.